The van der Waals surface area contributed by atoms with Gasteiger partial charge in [0.2, 0.25) is 0 Å². The van der Waals surface area contributed by atoms with Crippen LogP contribution in [0.4, 0.5) is 10.1 Å². The Labute approximate surface area is 109 Å². The maximum absolute atomic E-state index is 13.7. The highest BCUT2D eigenvalue weighted by Crippen LogP contribution is 2.28. The molecule has 4 nitrogen and oxygen atoms in total. The lowest BCUT2D eigenvalue weighted by Crippen LogP contribution is -2.14. The van der Waals surface area contributed by atoms with Crippen LogP contribution in [0.25, 0.3) is 0 Å². The lowest BCUT2D eigenvalue weighted by atomic mass is 10.1. The third kappa shape index (κ3) is 2.82. The van der Waals surface area contributed by atoms with Gasteiger partial charge in [-0.15, -0.1) is 0 Å². The first-order valence-electron chi connectivity index (χ1n) is 5.60. The fraction of sp³-hybridized carbons (Fsp3) is 0.0714. The number of nitrogen functional groups attached to an aromatic ring is 1. The third-order valence-corrected chi connectivity index (χ3v) is 2.62. The molecule has 0 aromatic heterocycles. The van der Waals surface area contributed by atoms with Crippen LogP contribution in [0.5, 0.6) is 11.5 Å². The minimum atomic E-state index is -0.730. The van der Waals surface area contributed by atoms with Crippen molar-refractivity contribution in [3.8, 4) is 11.5 Å². The number of amides is 1. The minimum absolute atomic E-state index is 0.0127. The molecular weight excluding hydrogens is 247 g/mol. The maximum Gasteiger partial charge on any atom is 0.250 e. The molecule has 0 atom stereocenters. The summed E-state index contributed by atoms with van der Waals surface area (Å²) >= 11 is 0. The largest absolute Gasteiger partial charge is 0.454 e. The van der Waals surface area contributed by atoms with Crippen LogP contribution >= 0.6 is 0 Å². The normalized spacial score (nSPS) is 10.2. The van der Waals surface area contributed by atoms with Crippen LogP contribution in [0.15, 0.2) is 36.4 Å². The molecule has 0 saturated carbocycles. The molecule has 2 rings (SSSR count). The van der Waals surface area contributed by atoms with Gasteiger partial charge in [-0.3, -0.25) is 4.79 Å². The summed E-state index contributed by atoms with van der Waals surface area (Å²) in [5.74, 6) is -1.01. The molecule has 0 fully saturated rings. The highest BCUT2D eigenvalue weighted by molar-refractivity contribution is 5.98. The Morgan fingerprint density at radius 3 is 2.42 bits per heavy atom. The standard InChI is InChI=1S/C14H13FN2O2/c1-8-2-4-9(5-3-8)19-13-6-10(14(17)18)12(16)7-11(13)15/h2-7H,16H2,1H3,(H2,17,18). The van der Waals surface area contributed by atoms with Crippen molar-refractivity contribution in [1.82, 2.24) is 0 Å². The first-order valence-corrected chi connectivity index (χ1v) is 5.60. The Balaban J connectivity index is 2.37. The number of anilines is 1. The number of carbonyl (C=O) groups excluding carboxylic acids is 1. The second-order valence-corrected chi connectivity index (χ2v) is 4.15. The van der Waals surface area contributed by atoms with Crippen LogP contribution in [0.2, 0.25) is 0 Å². The van der Waals surface area contributed by atoms with E-state index in [0.717, 1.165) is 11.6 Å². The monoisotopic (exact) mass is 260 g/mol. The molecule has 0 spiro atoms. The van der Waals surface area contributed by atoms with Gasteiger partial charge in [0.25, 0.3) is 5.91 Å². The lowest BCUT2D eigenvalue weighted by Gasteiger charge is -2.10. The van der Waals surface area contributed by atoms with Gasteiger partial charge in [0.15, 0.2) is 11.6 Å². The van der Waals surface area contributed by atoms with E-state index in [4.69, 9.17) is 16.2 Å². The second-order valence-electron chi connectivity index (χ2n) is 4.15. The lowest BCUT2D eigenvalue weighted by molar-refractivity contribution is 0.100. The number of hydrogen-bond donors (Lipinski definition) is 2. The zero-order chi connectivity index (χ0) is 14.0. The van der Waals surface area contributed by atoms with Crippen LogP contribution in [-0.2, 0) is 0 Å². The quantitative estimate of drug-likeness (QED) is 0.832. The Bertz CT molecular complexity index is 624. The van der Waals surface area contributed by atoms with E-state index in [2.05, 4.69) is 0 Å². The van der Waals surface area contributed by atoms with Crippen LogP contribution in [-0.4, -0.2) is 5.91 Å². The number of halogens is 1. The van der Waals surface area contributed by atoms with Crippen molar-refractivity contribution in [3.05, 3.63) is 53.3 Å². The van der Waals surface area contributed by atoms with Crippen molar-refractivity contribution < 1.29 is 13.9 Å². The number of aryl methyl sites for hydroxylation is 1. The molecular formula is C14H13FN2O2. The number of ether oxygens (including phenoxy) is 1. The smallest absolute Gasteiger partial charge is 0.250 e. The van der Waals surface area contributed by atoms with E-state index < -0.39 is 11.7 Å². The van der Waals surface area contributed by atoms with Crippen molar-refractivity contribution in [1.29, 1.82) is 0 Å². The van der Waals surface area contributed by atoms with Gasteiger partial charge >= 0.3 is 0 Å². The molecule has 0 aliphatic heterocycles. The Hall–Kier alpha value is -2.56. The van der Waals surface area contributed by atoms with E-state index in [-0.39, 0.29) is 17.0 Å². The Morgan fingerprint density at radius 2 is 1.84 bits per heavy atom. The summed E-state index contributed by atoms with van der Waals surface area (Å²) in [5.41, 5.74) is 11.7. The number of hydrogen-bond acceptors (Lipinski definition) is 3. The van der Waals surface area contributed by atoms with Gasteiger partial charge < -0.3 is 16.2 Å². The molecule has 98 valence electrons. The summed E-state index contributed by atoms with van der Waals surface area (Å²) in [5, 5.41) is 0. The predicted molar refractivity (Wildman–Crippen MR) is 70.6 cm³/mol. The molecule has 0 radical (unpaired) electrons. The highest BCUT2D eigenvalue weighted by atomic mass is 19.1. The fourth-order valence-electron chi connectivity index (χ4n) is 1.59. The molecule has 0 aliphatic rings. The third-order valence-electron chi connectivity index (χ3n) is 2.62. The summed E-state index contributed by atoms with van der Waals surface area (Å²) in [4.78, 5) is 11.1. The second kappa shape index (κ2) is 4.97. The maximum atomic E-state index is 13.7. The summed E-state index contributed by atoms with van der Waals surface area (Å²) in [7, 11) is 0. The van der Waals surface area contributed by atoms with Crippen molar-refractivity contribution in [2.45, 2.75) is 6.92 Å². The summed E-state index contributed by atoms with van der Waals surface area (Å²) < 4.78 is 19.1. The molecule has 5 heteroatoms. The van der Waals surface area contributed by atoms with E-state index in [0.29, 0.717) is 5.75 Å². The number of nitrogens with two attached hydrogens (primary N) is 2. The zero-order valence-electron chi connectivity index (χ0n) is 10.3. The van der Waals surface area contributed by atoms with E-state index in [1.165, 1.54) is 6.07 Å². The molecule has 19 heavy (non-hydrogen) atoms. The zero-order valence-corrected chi connectivity index (χ0v) is 10.3. The Morgan fingerprint density at radius 1 is 1.21 bits per heavy atom. The molecule has 0 unspecified atom stereocenters. The molecule has 0 saturated heterocycles. The van der Waals surface area contributed by atoms with E-state index in [1.54, 1.807) is 12.1 Å². The van der Waals surface area contributed by atoms with Gasteiger partial charge in [0, 0.05) is 11.8 Å². The first kappa shape index (κ1) is 12.9. The van der Waals surface area contributed by atoms with Crippen molar-refractivity contribution in [3.63, 3.8) is 0 Å². The molecule has 4 N–H and O–H groups in total. The SMILES string of the molecule is Cc1ccc(Oc2cc(C(N)=O)c(N)cc2F)cc1. The van der Waals surface area contributed by atoms with Crippen molar-refractivity contribution in [2.75, 3.05) is 5.73 Å². The van der Waals surface area contributed by atoms with Crippen molar-refractivity contribution in [2.24, 2.45) is 5.73 Å². The fourth-order valence-corrected chi connectivity index (χ4v) is 1.59. The summed E-state index contributed by atoms with van der Waals surface area (Å²) in [6, 6.07) is 9.29. The van der Waals surface area contributed by atoms with Gasteiger partial charge in [-0.05, 0) is 25.1 Å². The molecule has 2 aromatic carbocycles. The molecule has 0 bridgehead atoms. The Kier molecular flexibility index (Phi) is 3.37. The molecule has 2 aromatic rings. The van der Waals surface area contributed by atoms with E-state index in [1.807, 2.05) is 19.1 Å². The van der Waals surface area contributed by atoms with E-state index in [9.17, 15) is 9.18 Å². The van der Waals surface area contributed by atoms with Crippen LogP contribution in [0, 0.1) is 12.7 Å². The van der Waals surface area contributed by atoms with Gasteiger partial charge in [-0.1, -0.05) is 17.7 Å². The van der Waals surface area contributed by atoms with Crippen LogP contribution in [0.3, 0.4) is 0 Å². The highest BCUT2D eigenvalue weighted by Gasteiger charge is 2.13. The van der Waals surface area contributed by atoms with Crippen LogP contribution in [0.1, 0.15) is 15.9 Å². The van der Waals surface area contributed by atoms with E-state index >= 15 is 0 Å². The predicted octanol–water partition coefficient (Wildman–Crippen LogP) is 2.61. The van der Waals surface area contributed by atoms with Crippen molar-refractivity contribution >= 4 is 11.6 Å². The van der Waals surface area contributed by atoms with Crippen LogP contribution < -0.4 is 16.2 Å². The molecule has 1 amide bonds. The average Bonchev–Trinajstić information content (AvgIpc) is 2.34. The molecule has 0 heterocycles. The number of rotatable bonds is 3. The number of benzene rings is 2. The number of primary amides is 1. The topological polar surface area (TPSA) is 78.3 Å². The van der Waals surface area contributed by atoms with Gasteiger partial charge in [-0.2, -0.15) is 0 Å². The minimum Gasteiger partial charge on any atom is -0.454 e. The summed E-state index contributed by atoms with van der Waals surface area (Å²) in [6.07, 6.45) is 0. The first-order chi connectivity index (χ1) is 8.97. The van der Waals surface area contributed by atoms with Gasteiger partial charge in [0.05, 0.1) is 5.56 Å². The van der Waals surface area contributed by atoms with Gasteiger partial charge in [0.1, 0.15) is 5.75 Å². The molecule has 0 aliphatic carbocycles. The van der Waals surface area contributed by atoms with Gasteiger partial charge in [-0.25, -0.2) is 4.39 Å². The average molecular weight is 260 g/mol. The number of carbonyl (C=O) groups is 1. The summed E-state index contributed by atoms with van der Waals surface area (Å²) in [6.45, 7) is 1.93.